The molecule has 2 aromatic heterocycles. The molecule has 0 aliphatic heterocycles. The number of imidazole rings is 1. The molecule has 0 aliphatic carbocycles. The van der Waals surface area contributed by atoms with Gasteiger partial charge in [0.05, 0.1) is 15.9 Å². The molecule has 2 unspecified atom stereocenters. The summed E-state index contributed by atoms with van der Waals surface area (Å²) in [7, 11) is 0. The first-order valence-corrected chi connectivity index (χ1v) is 8.07. The minimum absolute atomic E-state index is 0.222. The second-order valence-electron chi connectivity index (χ2n) is 5.08. The van der Waals surface area contributed by atoms with Crippen LogP contribution >= 0.6 is 22.9 Å². The van der Waals surface area contributed by atoms with E-state index in [-0.39, 0.29) is 17.1 Å². The summed E-state index contributed by atoms with van der Waals surface area (Å²) < 4.78 is 15.9. The third kappa shape index (κ3) is 2.68. The molecule has 1 aromatic carbocycles. The molecular formula is C15H15ClFN3S. The van der Waals surface area contributed by atoms with Gasteiger partial charge in [0.25, 0.3) is 0 Å². The Balaban J connectivity index is 2.07. The van der Waals surface area contributed by atoms with E-state index < -0.39 is 0 Å². The van der Waals surface area contributed by atoms with Crippen LogP contribution in [-0.4, -0.2) is 14.5 Å². The van der Waals surface area contributed by atoms with Gasteiger partial charge in [0.1, 0.15) is 11.3 Å². The van der Waals surface area contributed by atoms with E-state index in [1.807, 2.05) is 22.9 Å². The maximum absolute atomic E-state index is 13.9. The van der Waals surface area contributed by atoms with Crippen LogP contribution in [0.3, 0.4) is 0 Å². The molecule has 0 amide bonds. The molecule has 2 atom stereocenters. The van der Waals surface area contributed by atoms with Crippen molar-refractivity contribution in [2.75, 3.05) is 0 Å². The predicted molar refractivity (Wildman–Crippen MR) is 84.5 cm³/mol. The van der Waals surface area contributed by atoms with Gasteiger partial charge in [0, 0.05) is 24.0 Å². The van der Waals surface area contributed by atoms with E-state index in [2.05, 4.69) is 16.9 Å². The number of nitrogens with zero attached hydrogens (tertiary/aromatic N) is 3. The van der Waals surface area contributed by atoms with Crippen LogP contribution in [0.15, 0.2) is 29.8 Å². The van der Waals surface area contributed by atoms with Gasteiger partial charge in [-0.15, -0.1) is 22.9 Å². The zero-order valence-electron chi connectivity index (χ0n) is 11.8. The van der Waals surface area contributed by atoms with Gasteiger partial charge in [-0.05, 0) is 19.1 Å². The van der Waals surface area contributed by atoms with Gasteiger partial charge in [0.2, 0.25) is 0 Å². The number of para-hydroxylation sites is 1. The number of hydrogen-bond acceptors (Lipinski definition) is 3. The van der Waals surface area contributed by atoms with Gasteiger partial charge >= 0.3 is 0 Å². The number of thiazole rings is 1. The zero-order valence-corrected chi connectivity index (χ0v) is 13.3. The topological polar surface area (TPSA) is 30.7 Å². The Kier molecular flexibility index (Phi) is 3.95. The Bertz CT molecular complexity index is 752. The van der Waals surface area contributed by atoms with Crippen LogP contribution in [0.5, 0.6) is 0 Å². The van der Waals surface area contributed by atoms with Crippen LogP contribution in [0, 0.1) is 5.82 Å². The number of hydrogen-bond donors (Lipinski definition) is 0. The Hall–Kier alpha value is -1.46. The first-order valence-electron chi connectivity index (χ1n) is 6.76. The highest BCUT2D eigenvalue weighted by Crippen LogP contribution is 2.29. The Morgan fingerprint density at radius 1 is 1.38 bits per heavy atom. The maximum atomic E-state index is 13.9. The quantitative estimate of drug-likeness (QED) is 0.649. The van der Waals surface area contributed by atoms with Crippen molar-refractivity contribution in [3.8, 4) is 0 Å². The predicted octanol–water partition coefficient (Wildman–Crippen LogP) is 4.74. The highest BCUT2D eigenvalue weighted by molar-refractivity contribution is 7.09. The van der Waals surface area contributed by atoms with Gasteiger partial charge in [-0.3, -0.25) is 0 Å². The molecule has 3 rings (SSSR count). The molecule has 3 nitrogen and oxygen atoms in total. The summed E-state index contributed by atoms with van der Waals surface area (Å²) in [6.45, 7) is 4.64. The monoisotopic (exact) mass is 323 g/mol. The van der Waals surface area contributed by atoms with Gasteiger partial charge in [-0.25, -0.2) is 14.4 Å². The molecule has 0 spiro atoms. The lowest BCUT2D eigenvalue weighted by Gasteiger charge is -2.14. The van der Waals surface area contributed by atoms with E-state index >= 15 is 0 Å². The smallest absolute Gasteiger partial charge is 0.151 e. The summed E-state index contributed by atoms with van der Waals surface area (Å²) in [6, 6.07) is 5.00. The second-order valence-corrected chi connectivity index (χ2v) is 6.66. The van der Waals surface area contributed by atoms with Crippen LogP contribution in [0.4, 0.5) is 4.39 Å². The molecule has 0 saturated carbocycles. The van der Waals surface area contributed by atoms with Crippen LogP contribution in [0.2, 0.25) is 0 Å². The van der Waals surface area contributed by atoms with E-state index in [1.54, 1.807) is 23.6 Å². The molecular weight excluding hydrogens is 309 g/mol. The molecule has 0 saturated heterocycles. The fourth-order valence-electron chi connectivity index (χ4n) is 2.46. The van der Waals surface area contributed by atoms with Crippen molar-refractivity contribution in [2.24, 2.45) is 0 Å². The van der Waals surface area contributed by atoms with E-state index in [4.69, 9.17) is 11.6 Å². The van der Waals surface area contributed by atoms with Crippen LogP contribution < -0.4 is 0 Å². The van der Waals surface area contributed by atoms with Crippen LogP contribution in [-0.2, 0) is 6.54 Å². The van der Waals surface area contributed by atoms with Crippen molar-refractivity contribution in [3.05, 3.63) is 46.4 Å². The van der Waals surface area contributed by atoms with Crippen molar-refractivity contribution in [1.29, 1.82) is 0 Å². The molecule has 0 N–H and O–H groups in total. The van der Waals surface area contributed by atoms with Crippen molar-refractivity contribution in [3.63, 3.8) is 0 Å². The van der Waals surface area contributed by atoms with Gasteiger partial charge in [0.15, 0.2) is 5.82 Å². The molecule has 0 radical (unpaired) electrons. The summed E-state index contributed by atoms with van der Waals surface area (Å²) in [5.74, 6) is 0.603. The lowest BCUT2D eigenvalue weighted by atomic mass is 10.2. The molecule has 21 heavy (non-hydrogen) atoms. The molecule has 0 fully saturated rings. The standard InChI is InChI=1S/C15H15ClFN3S/c1-9(15-18-6-7-21-15)8-20-12-5-3-4-11(17)13(12)19-14(20)10(2)16/h3-7,9-10H,8H2,1-2H3. The number of rotatable bonds is 4. The first kappa shape index (κ1) is 14.5. The van der Waals surface area contributed by atoms with Crippen molar-refractivity contribution in [1.82, 2.24) is 14.5 Å². The fourth-order valence-corrected chi connectivity index (χ4v) is 3.31. The number of fused-ring (bicyclic) bond motifs is 1. The highest BCUT2D eigenvalue weighted by Gasteiger charge is 2.19. The summed E-state index contributed by atoms with van der Waals surface area (Å²) in [6.07, 6.45) is 1.80. The Morgan fingerprint density at radius 2 is 2.19 bits per heavy atom. The number of alkyl halides is 1. The normalized spacial score (nSPS) is 14.5. The van der Waals surface area contributed by atoms with E-state index in [0.717, 1.165) is 10.5 Å². The largest absolute Gasteiger partial charge is 0.326 e. The minimum atomic E-state index is -0.313. The van der Waals surface area contributed by atoms with Crippen molar-refractivity contribution < 1.29 is 4.39 Å². The second kappa shape index (κ2) is 5.73. The van der Waals surface area contributed by atoms with Gasteiger partial charge in [-0.1, -0.05) is 13.0 Å². The Labute approximate surface area is 131 Å². The lowest BCUT2D eigenvalue weighted by Crippen LogP contribution is -2.10. The zero-order chi connectivity index (χ0) is 15.0. The lowest BCUT2D eigenvalue weighted by molar-refractivity contribution is 0.583. The Morgan fingerprint density at radius 3 is 2.86 bits per heavy atom. The van der Waals surface area contributed by atoms with E-state index in [9.17, 15) is 4.39 Å². The average Bonchev–Trinajstić information content (AvgIpc) is 3.07. The van der Waals surface area contributed by atoms with E-state index in [1.165, 1.54) is 6.07 Å². The molecule has 6 heteroatoms. The third-order valence-electron chi connectivity index (χ3n) is 3.44. The van der Waals surface area contributed by atoms with Crippen molar-refractivity contribution in [2.45, 2.75) is 31.7 Å². The number of aromatic nitrogens is 3. The first-order chi connectivity index (χ1) is 10.1. The SMILES string of the molecule is CC(Cl)c1nc2c(F)cccc2n1CC(C)c1nccs1. The summed E-state index contributed by atoms with van der Waals surface area (Å²) in [4.78, 5) is 8.73. The summed E-state index contributed by atoms with van der Waals surface area (Å²) in [5.41, 5.74) is 1.16. The number of halogens is 2. The minimum Gasteiger partial charge on any atom is -0.326 e. The molecule has 0 bridgehead atoms. The van der Waals surface area contributed by atoms with Crippen molar-refractivity contribution >= 4 is 34.0 Å². The highest BCUT2D eigenvalue weighted by atomic mass is 35.5. The maximum Gasteiger partial charge on any atom is 0.151 e. The summed E-state index contributed by atoms with van der Waals surface area (Å²) >= 11 is 7.85. The fraction of sp³-hybridized carbons (Fsp3) is 0.333. The van der Waals surface area contributed by atoms with Crippen LogP contribution in [0.1, 0.15) is 36.0 Å². The molecule has 3 aromatic rings. The molecule has 2 heterocycles. The summed E-state index contributed by atoms with van der Waals surface area (Å²) in [5, 5.41) is 2.74. The average molecular weight is 324 g/mol. The third-order valence-corrected chi connectivity index (χ3v) is 4.65. The number of benzene rings is 1. The molecule has 110 valence electrons. The molecule has 0 aliphatic rings. The van der Waals surface area contributed by atoms with Gasteiger partial charge in [-0.2, -0.15) is 0 Å². The van der Waals surface area contributed by atoms with E-state index in [0.29, 0.717) is 17.9 Å². The van der Waals surface area contributed by atoms with Gasteiger partial charge < -0.3 is 4.57 Å². The van der Waals surface area contributed by atoms with Crippen LogP contribution in [0.25, 0.3) is 11.0 Å².